The van der Waals surface area contributed by atoms with Crippen molar-refractivity contribution in [2.24, 2.45) is 0 Å². The van der Waals surface area contributed by atoms with Crippen LogP contribution in [0.1, 0.15) is 41.4 Å². The Morgan fingerprint density at radius 2 is 1.85 bits per heavy atom. The highest BCUT2D eigenvalue weighted by Gasteiger charge is 2.29. The van der Waals surface area contributed by atoms with Crippen LogP contribution in [0.25, 0.3) is 0 Å². The summed E-state index contributed by atoms with van der Waals surface area (Å²) in [5.41, 5.74) is 2.20. The van der Waals surface area contributed by atoms with E-state index in [-0.39, 0.29) is 0 Å². The van der Waals surface area contributed by atoms with Crippen LogP contribution in [0.3, 0.4) is 0 Å². The molecule has 0 atom stereocenters. The molecule has 2 aromatic rings. The molecule has 0 aliphatic heterocycles. The molecule has 1 aromatic carbocycles. The fourth-order valence-electron chi connectivity index (χ4n) is 2.11. The number of H-pyrrole nitrogens is 1. The van der Waals surface area contributed by atoms with Crippen molar-refractivity contribution in [3.8, 4) is 12.1 Å². The number of hydrogen-bond donors (Lipinski definition) is 1. The highest BCUT2D eigenvalue weighted by atomic mass is 32.2. The van der Waals surface area contributed by atoms with Crippen LogP contribution in [0.15, 0.2) is 28.1 Å². The minimum atomic E-state index is 0.506. The molecule has 1 aliphatic rings. The van der Waals surface area contributed by atoms with Crippen molar-refractivity contribution < 1.29 is 0 Å². The van der Waals surface area contributed by atoms with E-state index in [1.165, 1.54) is 30.3 Å². The fraction of sp³-hybridized carbons (Fsp3) is 0.267. The van der Waals surface area contributed by atoms with Crippen LogP contribution >= 0.6 is 11.8 Å². The van der Waals surface area contributed by atoms with Gasteiger partial charge in [-0.25, -0.2) is 4.98 Å². The highest BCUT2D eigenvalue weighted by Crippen LogP contribution is 2.44. The molecule has 1 aromatic heterocycles. The lowest BCUT2D eigenvalue weighted by Crippen LogP contribution is -1.85. The molecular weight excluding hydrogens is 268 g/mol. The fourth-order valence-corrected chi connectivity index (χ4v) is 3.22. The van der Waals surface area contributed by atoms with E-state index in [4.69, 9.17) is 10.5 Å². The average molecular weight is 280 g/mol. The molecule has 5 heteroatoms. The van der Waals surface area contributed by atoms with Gasteiger partial charge in [0.25, 0.3) is 0 Å². The summed E-state index contributed by atoms with van der Waals surface area (Å²) in [6.45, 7) is 1.95. The average Bonchev–Trinajstić information content (AvgIpc) is 3.23. The van der Waals surface area contributed by atoms with E-state index in [0.717, 1.165) is 15.7 Å². The van der Waals surface area contributed by atoms with Crippen LogP contribution in [0.5, 0.6) is 0 Å². The summed E-state index contributed by atoms with van der Waals surface area (Å²) in [4.78, 5) is 8.73. The maximum atomic E-state index is 9.01. The Kier molecular flexibility index (Phi) is 3.22. The molecule has 1 N–H and O–H groups in total. The number of imidazole rings is 1. The van der Waals surface area contributed by atoms with E-state index in [2.05, 4.69) is 22.1 Å². The van der Waals surface area contributed by atoms with Crippen molar-refractivity contribution in [1.29, 1.82) is 10.5 Å². The maximum absolute atomic E-state index is 9.01. The van der Waals surface area contributed by atoms with Crippen molar-refractivity contribution in [3.05, 3.63) is 40.8 Å². The smallest absolute Gasteiger partial charge is 0.122 e. The first-order valence-electron chi connectivity index (χ1n) is 6.39. The summed E-state index contributed by atoms with van der Waals surface area (Å²) >= 11 is 1.52. The lowest BCUT2D eigenvalue weighted by Gasteiger charge is -2.02. The molecule has 0 bridgehead atoms. The first-order valence-corrected chi connectivity index (χ1v) is 7.21. The van der Waals surface area contributed by atoms with Gasteiger partial charge in [-0.2, -0.15) is 10.5 Å². The van der Waals surface area contributed by atoms with E-state index >= 15 is 0 Å². The number of aromatic amines is 1. The normalized spacial score (nSPS) is 13.8. The second kappa shape index (κ2) is 5.03. The van der Waals surface area contributed by atoms with Crippen LogP contribution in [0, 0.1) is 29.6 Å². The van der Waals surface area contributed by atoms with Crippen LogP contribution in [0.2, 0.25) is 0 Å². The predicted octanol–water partition coefficient (Wildman–Crippen LogP) is 3.49. The number of nitrogens with one attached hydrogen (secondary N) is 1. The molecule has 1 heterocycles. The zero-order valence-corrected chi connectivity index (χ0v) is 11.8. The van der Waals surface area contributed by atoms with Gasteiger partial charge in [-0.3, -0.25) is 0 Å². The number of hydrogen-bond acceptors (Lipinski definition) is 4. The minimum absolute atomic E-state index is 0.506. The van der Waals surface area contributed by atoms with Crippen LogP contribution < -0.4 is 0 Å². The number of rotatable bonds is 3. The van der Waals surface area contributed by atoms with Gasteiger partial charge in [0.05, 0.1) is 29.0 Å². The third kappa shape index (κ3) is 2.54. The molecule has 0 amide bonds. The Labute approximate surface area is 121 Å². The standard InChI is InChI=1S/C15H12N4S/c1-9-18-14(12-2-3-12)15(19-9)20-13-5-10(7-16)4-11(6-13)8-17/h4-6,12H,2-3H2,1H3,(H,18,19). The van der Waals surface area contributed by atoms with E-state index in [1.54, 1.807) is 18.2 Å². The summed E-state index contributed by atoms with van der Waals surface area (Å²) in [5, 5.41) is 19.0. The molecule has 20 heavy (non-hydrogen) atoms. The summed E-state index contributed by atoms with van der Waals surface area (Å²) < 4.78 is 0. The molecule has 0 unspecified atom stereocenters. The molecule has 98 valence electrons. The summed E-state index contributed by atoms with van der Waals surface area (Å²) in [5.74, 6) is 1.50. The molecular formula is C15H12N4S. The van der Waals surface area contributed by atoms with Gasteiger partial charge in [-0.05, 0) is 38.0 Å². The van der Waals surface area contributed by atoms with Crippen molar-refractivity contribution in [2.45, 2.75) is 35.6 Å². The zero-order valence-electron chi connectivity index (χ0n) is 11.0. The second-order valence-corrected chi connectivity index (χ2v) is 5.95. The van der Waals surface area contributed by atoms with Gasteiger partial charge >= 0.3 is 0 Å². The molecule has 1 aliphatic carbocycles. The van der Waals surface area contributed by atoms with Gasteiger partial charge in [-0.15, -0.1) is 0 Å². The summed E-state index contributed by atoms with van der Waals surface area (Å²) in [6.07, 6.45) is 2.41. The molecule has 1 saturated carbocycles. The number of benzene rings is 1. The highest BCUT2D eigenvalue weighted by molar-refractivity contribution is 7.99. The molecule has 4 nitrogen and oxygen atoms in total. The Morgan fingerprint density at radius 1 is 1.20 bits per heavy atom. The minimum Gasteiger partial charge on any atom is -0.345 e. The van der Waals surface area contributed by atoms with E-state index in [9.17, 15) is 0 Å². The summed E-state index contributed by atoms with van der Waals surface area (Å²) in [6, 6.07) is 9.37. The number of nitriles is 2. The Hall–Kier alpha value is -2.24. The molecule has 0 spiro atoms. The third-order valence-corrected chi connectivity index (χ3v) is 4.16. The van der Waals surface area contributed by atoms with Gasteiger partial charge in [-0.1, -0.05) is 11.8 Å². The van der Waals surface area contributed by atoms with Crippen molar-refractivity contribution in [2.75, 3.05) is 0 Å². The van der Waals surface area contributed by atoms with Crippen LogP contribution in [-0.2, 0) is 0 Å². The quantitative estimate of drug-likeness (QED) is 0.933. The predicted molar refractivity (Wildman–Crippen MR) is 75.3 cm³/mol. The van der Waals surface area contributed by atoms with Gasteiger partial charge in [0.15, 0.2) is 0 Å². The first-order chi connectivity index (χ1) is 9.69. The van der Waals surface area contributed by atoms with Gasteiger partial charge in [0.2, 0.25) is 0 Å². The number of aromatic nitrogens is 2. The summed E-state index contributed by atoms with van der Waals surface area (Å²) in [7, 11) is 0. The van der Waals surface area contributed by atoms with Crippen LogP contribution in [0.4, 0.5) is 0 Å². The second-order valence-electron chi connectivity index (χ2n) is 4.89. The lowest BCUT2D eigenvalue weighted by atomic mass is 10.1. The molecule has 3 rings (SSSR count). The van der Waals surface area contributed by atoms with Crippen molar-refractivity contribution in [3.63, 3.8) is 0 Å². The van der Waals surface area contributed by atoms with E-state index in [0.29, 0.717) is 17.0 Å². The number of nitrogens with zero attached hydrogens (tertiary/aromatic N) is 3. The Balaban J connectivity index is 1.95. The largest absolute Gasteiger partial charge is 0.345 e. The number of aryl methyl sites for hydroxylation is 1. The Bertz CT molecular complexity index is 712. The first kappa shape index (κ1) is 12.8. The van der Waals surface area contributed by atoms with Crippen LogP contribution in [-0.4, -0.2) is 9.97 Å². The monoisotopic (exact) mass is 280 g/mol. The topological polar surface area (TPSA) is 76.3 Å². The molecule has 1 fully saturated rings. The van der Waals surface area contributed by atoms with Gasteiger partial charge in [0.1, 0.15) is 10.9 Å². The SMILES string of the molecule is Cc1nc(Sc2cc(C#N)cc(C#N)c2)c(C2CC2)[nH]1. The third-order valence-electron chi connectivity index (χ3n) is 3.18. The maximum Gasteiger partial charge on any atom is 0.122 e. The van der Waals surface area contributed by atoms with Gasteiger partial charge in [0, 0.05) is 10.8 Å². The zero-order chi connectivity index (χ0) is 14.1. The van der Waals surface area contributed by atoms with E-state index in [1.807, 2.05) is 6.92 Å². The van der Waals surface area contributed by atoms with E-state index < -0.39 is 0 Å². The molecule has 0 saturated heterocycles. The van der Waals surface area contributed by atoms with Crippen molar-refractivity contribution >= 4 is 11.8 Å². The Morgan fingerprint density at radius 3 is 2.40 bits per heavy atom. The molecule has 0 radical (unpaired) electrons. The van der Waals surface area contributed by atoms with Gasteiger partial charge < -0.3 is 4.98 Å². The van der Waals surface area contributed by atoms with Crippen molar-refractivity contribution in [1.82, 2.24) is 9.97 Å². The lowest BCUT2D eigenvalue weighted by molar-refractivity contribution is 0.991.